The second-order valence-electron chi connectivity index (χ2n) is 8.18. The molecule has 170 valence electrons. The molecule has 5 rings (SSSR count). The van der Waals surface area contributed by atoms with Gasteiger partial charge in [-0.05, 0) is 24.7 Å². The average Bonchev–Trinajstić information content (AvgIpc) is 3.41. The molecule has 0 spiro atoms. The number of aromatic nitrogens is 6. The van der Waals surface area contributed by atoms with Crippen LogP contribution in [-0.2, 0) is 12.7 Å². The number of fused-ring (bicyclic) bond motifs is 2. The van der Waals surface area contributed by atoms with Crippen LogP contribution >= 0.6 is 0 Å². The lowest BCUT2D eigenvalue weighted by Gasteiger charge is -2.21. The second-order valence-corrected chi connectivity index (χ2v) is 8.18. The Kier molecular flexibility index (Phi) is 5.05. The molecule has 3 aromatic rings. The van der Waals surface area contributed by atoms with E-state index in [9.17, 15) is 22.0 Å². The maximum absolute atomic E-state index is 12.7. The van der Waals surface area contributed by atoms with Crippen LogP contribution in [0.4, 0.5) is 33.5 Å². The first-order valence-corrected chi connectivity index (χ1v) is 10.1. The fourth-order valence-corrected chi connectivity index (χ4v) is 4.65. The summed E-state index contributed by atoms with van der Waals surface area (Å²) in [6.45, 7) is 0.881. The third-order valence-electron chi connectivity index (χ3n) is 6.02. The van der Waals surface area contributed by atoms with E-state index < -0.39 is 25.0 Å². The minimum absolute atomic E-state index is 0.147. The molecule has 8 nitrogen and oxygen atoms in total. The van der Waals surface area contributed by atoms with Crippen LogP contribution in [0.5, 0.6) is 0 Å². The van der Waals surface area contributed by atoms with Crippen molar-refractivity contribution in [2.45, 2.75) is 38.0 Å². The Balaban J connectivity index is 1.21. The van der Waals surface area contributed by atoms with Crippen LogP contribution in [0.2, 0.25) is 0 Å². The van der Waals surface area contributed by atoms with Crippen molar-refractivity contribution in [1.29, 1.82) is 0 Å². The molecule has 13 heteroatoms. The van der Waals surface area contributed by atoms with Gasteiger partial charge in [-0.15, -0.1) is 0 Å². The van der Waals surface area contributed by atoms with Crippen molar-refractivity contribution in [3.63, 3.8) is 0 Å². The minimum atomic E-state index is -4.55. The summed E-state index contributed by atoms with van der Waals surface area (Å²) in [7, 11) is 0. The Hall–Kier alpha value is -3.12. The lowest BCUT2D eigenvalue weighted by atomic mass is 10.0. The van der Waals surface area contributed by atoms with Crippen molar-refractivity contribution in [3.8, 4) is 0 Å². The number of nitrogens with zero attached hydrogens (tertiary/aromatic N) is 7. The highest BCUT2D eigenvalue weighted by atomic mass is 19.4. The summed E-state index contributed by atoms with van der Waals surface area (Å²) in [5.74, 6) is 0.107. The van der Waals surface area contributed by atoms with Gasteiger partial charge in [0.15, 0.2) is 5.65 Å². The Morgan fingerprint density at radius 1 is 1.00 bits per heavy atom. The fraction of sp³-hybridized carbons (Fsp3) is 0.526. The van der Waals surface area contributed by atoms with Crippen LogP contribution in [-0.4, -0.2) is 55.3 Å². The molecular weight excluding hydrogens is 435 g/mol. The molecule has 1 saturated carbocycles. The van der Waals surface area contributed by atoms with Crippen LogP contribution in [0.25, 0.3) is 11.2 Å². The van der Waals surface area contributed by atoms with E-state index in [4.69, 9.17) is 0 Å². The normalized spacial score (nSPS) is 23.3. The molecule has 4 heterocycles. The van der Waals surface area contributed by atoms with Gasteiger partial charge in [-0.1, -0.05) is 0 Å². The fourth-order valence-electron chi connectivity index (χ4n) is 4.65. The van der Waals surface area contributed by atoms with Crippen molar-refractivity contribution in [2.75, 3.05) is 23.3 Å². The number of hydrogen-bond acceptors (Lipinski definition) is 7. The van der Waals surface area contributed by atoms with Gasteiger partial charge in [0.1, 0.15) is 17.9 Å². The van der Waals surface area contributed by atoms with Gasteiger partial charge in [0.25, 0.3) is 6.43 Å². The zero-order valence-corrected chi connectivity index (χ0v) is 16.7. The molecule has 1 aliphatic heterocycles. The average molecular weight is 454 g/mol. The predicted octanol–water partition coefficient (Wildman–Crippen LogP) is 3.23. The zero-order chi connectivity index (χ0) is 22.5. The third kappa shape index (κ3) is 4.02. The smallest absolute Gasteiger partial charge is 0.368 e. The standard InChI is InChI=1S/C19H19F5N8/c20-15(21)9-32-17-14(5-28-32)25-6-16(30-17)29-12-1-10-7-31(8-11(10)2-12)13-3-26-18(27-4-13)19(22,23)24/h3-6,10-12,15H,1-2,7-9H2,(H,29,30)/t10-,11+,12+. The van der Waals surface area contributed by atoms with Crippen molar-refractivity contribution in [1.82, 2.24) is 29.7 Å². The number of nitrogens with one attached hydrogen (secondary N) is 1. The summed E-state index contributed by atoms with van der Waals surface area (Å²) in [5.41, 5.74) is 1.34. The SMILES string of the molecule is FC(F)Cn1ncc2ncc(N[C@H]3C[C@@H]4CN(c5cnc(C(F)(F)F)nc5)C[C@@H]4C3)nc21. The van der Waals surface area contributed by atoms with E-state index in [1.807, 2.05) is 4.90 Å². The largest absolute Gasteiger partial charge is 0.451 e. The van der Waals surface area contributed by atoms with Gasteiger partial charge < -0.3 is 10.2 Å². The summed E-state index contributed by atoms with van der Waals surface area (Å²) in [5, 5.41) is 7.26. The van der Waals surface area contributed by atoms with E-state index in [0.29, 0.717) is 47.6 Å². The molecule has 0 bridgehead atoms. The van der Waals surface area contributed by atoms with E-state index in [0.717, 1.165) is 17.5 Å². The Labute approximate surface area is 178 Å². The van der Waals surface area contributed by atoms with Crippen LogP contribution in [0.3, 0.4) is 0 Å². The highest BCUT2D eigenvalue weighted by Crippen LogP contribution is 2.40. The molecule has 0 aromatic carbocycles. The highest BCUT2D eigenvalue weighted by molar-refractivity contribution is 5.71. The van der Waals surface area contributed by atoms with Gasteiger partial charge in [-0.3, -0.25) is 0 Å². The van der Waals surface area contributed by atoms with E-state index >= 15 is 0 Å². The van der Waals surface area contributed by atoms with Gasteiger partial charge in [-0.2, -0.15) is 18.3 Å². The number of hydrogen-bond donors (Lipinski definition) is 1. The topological polar surface area (TPSA) is 84.7 Å². The number of anilines is 2. The predicted molar refractivity (Wildman–Crippen MR) is 104 cm³/mol. The molecule has 32 heavy (non-hydrogen) atoms. The summed E-state index contributed by atoms with van der Waals surface area (Å²) >= 11 is 0. The molecule has 0 unspecified atom stereocenters. The molecule has 1 saturated heterocycles. The molecule has 3 aromatic heterocycles. The first-order chi connectivity index (χ1) is 15.3. The Bertz CT molecular complexity index is 1090. The summed E-state index contributed by atoms with van der Waals surface area (Å²) in [4.78, 5) is 17.6. The van der Waals surface area contributed by atoms with Gasteiger partial charge in [0, 0.05) is 19.1 Å². The lowest BCUT2D eigenvalue weighted by Crippen LogP contribution is -2.25. The second kappa shape index (κ2) is 7.78. The molecular formula is C19H19F5N8. The van der Waals surface area contributed by atoms with Gasteiger partial charge >= 0.3 is 6.18 Å². The van der Waals surface area contributed by atoms with Gasteiger partial charge in [0.05, 0.1) is 30.5 Å². The zero-order valence-electron chi connectivity index (χ0n) is 16.7. The lowest BCUT2D eigenvalue weighted by molar-refractivity contribution is -0.144. The molecule has 1 N–H and O–H groups in total. The van der Waals surface area contributed by atoms with Gasteiger partial charge in [-0.25, -0.2) is 33.4 Å². The van der Waals surface area contributed by atoms with Crippen LogP contribution in [0.1, 0.15) is 18.7 Å². The monoisotopic (exact) mass is 454 g/mol. The molecule has 2 aliphatic rings. The van der Waals surface area contributed by atoms with Crippen molar-refractivity contribution >= 4 is 22.7 Å². The maximum Gasteiger partial charge on any atom is 0.451 e. The molecule has 2 fully saturated rings. The van der Waals surface area contributed by atoms with Crippen LogP contribution < -0.4 is 10.2 Å². The summed E-state index contributed by atoms with van der Waals surface area (Å²) in [6, 6.07) is 0.147. The van der Waals surface area contributed by atoms with Crippen LogP contribution in [0, 0.1) is 11.8 Å². The summed E-state index contributed by atoms with van der Waals surface area (Å²) in [6.07, 6.45) is 0.0490. The first-order valence-electron chi connectivity index (χ1n) is 10.1. The number of alkyl halides is 5. The Morgan fingerprint density at radius 3 is 2.31 bits per heavy atom. The first kappa shape index (κ1) is 20.8. The van der Waals surface area contributed by atoms with Crippen LogP contribution in [0.15, 0.2) is 24.8 Å². The molecule has 0 radical (unpaired) electrons. The van der Waals surface area contributed by atoms with Crippen molar-refractivity contribution in [3.05, 3.63) is 30.6 Å². The summed E-state index contributed by atoms with van der Waals surface area (Å²) < 4.78 is 64.6. The van der Waals surface area contributed by atoms with Crippen molar-refractivity contribution < 1.29 is 22.0 Å². The molecule has 3 atom stereocenters. The number of halogens is 5. The number of rotatable bonds is 5. The highest BCUT2D eigenvalue weighted by Gasteiger charge is 2.41. The molecule has 0 amide bonds. The van der Waals surface area contributed by atoms with E-state index in [1.165, 1.54) is 18.6 Å². The third-order valence-corrected chi connectivity index (χ3v) is 6.02. The van der Waals surface area contributed by atoms with Gasteiger partial charge in [0.2, 0.25) is 5.82 Å². The maximum atomic E-state index is 12.7. The molecule has 1 aliphatic carbocycles. The van der Waals surface area contributed by atoms with E-state index in [2.05, 4.69) is 30.4 Å². The van der Waals surface area contributed by atoms with E-state index in [1.54, 1.807) is 6.20 Å². The van der Waals surface area contributed by atoms with E-state index in [-0.39, 0.29) is 6.04 Å². The quantitative estimate of drug-likeness (QED) is 0.593. The minimum Gasteiger partial charge on any atom is -0.368 e. The Morgan fingerprint density at radius 2 is 1.69 bits per heavy atom. The van der Waals surface area contributed by atoms with Crippen molar-refractivity contribution in [2.24, 2.45) is 11.8 Å².